The molecule has 5 atom stereocenters. The van der Waals surface area contributed by atoms with Crippen molar-refractivity contribution in [3.63, 3.8) is 0 Å². The zero-order valence-electron chi connectivity index (χ0n) is 17.9. The maximum Gasteiger partial charge on any atom is 0.315 e. The molecule has 10 heteroatoms. The average Bonchev–Trinajstić information content (AvgIpc) is 3.46. The molecule has 0 radical (unpaired) electrons. The number of aromatic nitrogens is 2. The lowest BCUT2D eigenvalue weighted by atomic mass is 10.1. The summed E-state index contributed by atoms with van der Waals surface area (Å²) in [4.78, 5) is 28.4. The Kier molecular flexibility index (Phi) is 7.03. The fourth-order valence-corrected chi connectivity index (χ4v) is 4.07. The number of imidazole rings is 1. The standard InChI is InChI=1S/C22H29N5O5/c1-27-8-7-23-18(27)13-24-19(28)10-15-9-16-21(31-15)20(29)17(32-16)12-26-22(30)25-11-14-5-3-2-4-6-14/h2-8,15-17,20-21,29H,9-13H2,1H3,(H,24,28)(H2,25,26,30)/t15-,16+,17+,20+,21-/m0/s1. The Hall–Kier alpha value is -2.95. The summed E-state index contributed by atoms with van der Waals surface area (Å²) in [5.74, 6) is 0.630. The van der Waals surface area contributed by atoms with Crippen LogP contribution >= 0.6 is 0 Å². The molecule has 172 valence electrons. The van der Waals surface area contributed by atoms with Crippen molar-refractivity contribution in [2.24, 2.45) is 7.05 Å². The number of aryl methyl sites for hydroxylation is 1. The van der Waals surface area contributed by atoms with Crippen LogP contribution in [0.25, 0.3) is 0 Å². The van der Waals surface area contributed by atoms with E-state index >= 15 is 0 Å². The molecule has 0 unspecified atom stereocenters. The molecule has 0 saturated carbocycles. The zero-order chi connectivity index (χ0) is 22.5. The van der Waals surface area contributed by atoms with Gasteiger partial charge in [0.1, 0.15) is 24.1 Å². The highest BCUT2D eigenvalue weighted by molar-refractivity contribution is 5.76. The quantitative estimate of drug-likeness (QED) is 0.462. The third kappa shape index (κ3) is 5.45. The molecule has 4 N–H and O–H groups in total. The number of aliphatic hydroxyl groups excluding tert-OH is 1. The average molecular weight is 444 g/mol. The van der Waals surface area contributed by atoms with Gasteiger partial charge < -0.3 is 35.1 Å². The molecule has 2 saturated heterocycles. The Morgan fingerprint density at radius 2 is 1.97 bits per heavy atom. The lowest BCUT2D eigenvalue weighted by molar-refractivity contribution is -0.125. The van der Waals surface area contributed by atoms with Crippen LogP contribution in [0.3, 0.4) is 0 Å². The number of urea groups is 1. The Bertz CT molecular complexity index is 920. The fraction of sp³-hybridized carbons (Fsp3) is 0.500. The van der Waals surface area contributed by atoms with E-state index in [2.05, 4.69) is 20.9 Å². The number of ether oxygens (including phenoxy) is 2. The number of rotatable bonds is 8. The van der Waals surface area contributed by atoms with E-state index in [9.17, 15) is 14.7 Å². The van der Waals surface area contributed by atoms with Gasteiger partial charge in [-0.25, -0.2) is 9.78 Å². The van der Waals surface area contributed by atoms with Crippen LogP contribution in [-0.2, 0) is 34.4 Å². The van der Waals surface area contributed by atoms with Crippen molar-refractivity contribution in [3.8, 4) is 0 Å². The topological polar surface area (TPSA) is 127 Å². The Morgan fingerprint density at radius 1 is 1.16 bits per heavy atom. The van der Waals surface area contributed by atoms with Crippen molar-refractivity contribution in [2.45, 2.75) is 56.5 Å². The van der Waals surface area contributed by atoms with Crippen LogP contribution in [0, 0.1) is 0 Å². The second-order valence-corrected chi connectivity index (χ2v) is 8.15. The molecule has 2 fully saturated rings. The molecule has 3 amide bonds. The van der Waals surface area contributed by atoms with E-state index in [1.54, 1.807) is 6.20 Å². The minimum absolute atomic E-state index is 0.138. The molecule has 2 aliphatic heterocycles. The minimum atomic E-state index is -0.866. The Balaban J connectivity index is 1.15. The van der Waals surface area contributed by atoms with Crippen molar-refractivity contribution in [3.05, 3.63) is 54.1 Å². The second kappa shape index (κ2) is 10.1. The summed E-state index contributed by atoms with van der Waals surface area (Å²) < 4.78 is 13.6. The van der Waals surface area contributed by atoms with Crippen LogP contribution in [0.15, 0.2) is 42.7 Å². The molecular formula is C22H29N5O5. The van der Waals surface area contributed by atoms with Crippen LogP contribution in [0.1, 0.15) is 24.2 Å². The summed E-state index contributed by atoms with van der Waals surface area (Å²) >= 11 is 0. The zero-order valence-corrected chi connectivity index (χ0v) is 17.9. The number of benzene rings is 1. The van der Waals surface area contributed by atoms with Crippen molar-refractivity contribution < 1.29 is 24.2 Å². The fourth-order valence-electron chi connectivity index (χ4n) is 4.07. The van der Waals surface area contributed by atoms with E-state index in [0.29, 0.717) is 19.5 Å². The van der Waals surface area contributed by atoms with Crippen molar-refractivity contribution >= 4 is 11.9 Å². The number of aliphatic hydroxyl groups is 1. The Morgan fingerprint density at radius 3 is 2.69 bits per heavy atom. The summed E-state index contributed by atoms with van der Waals surface area (Å²) in [6.45, 7) is 0.938. The van der Waals surface area contributed by atoms with Gasteiger partial charge in [0, 0.05) is 39.0 Å². The van der Waals surface area contributed by atoms with Gasteiger partial charge in [-0.1, -0.05) is 30.3 Å². The van der Waals surface area contributed by atoms with Crippen LogP contribution in [-0.4, -0.2) is 63.7 Å². The van der Waals surface area contributed by atoms with Gasteiger partial charge in [-0.3, -0.25) is 4.79 Å². The lowest BCUT2D eigenvalue weighted by Crippen LogP contribution is -2.44. The van der Waals surface area contributed by atoms with Gasteiger partial charge in [0.2, 0.25) is 5.91 Å². The first-order valence-corrected chi connectivity index (χ1v) is 10.8. The molecule has 32 heavy (non-hydrogen) atoms. The number of carbonyl (C=O) groups excluding carboxylic acids is 2. The van der Waals surface area contributed by atoms with Crippen LogP contribution in [0.5, 0.6) is 0 Å². The first-order chi connectivity index (χ1) is 15.5. The summed E-state index contributed by atoms with van der Waals surface area (Å²) in [6, 6.07) is 9.27. The molecule has 0 spiro atoms. The molecule has 4 rings (SSSR count). The van der Waals surface area contributed by atoms with E-state index in [0.717, 1.165) is 11.4 Å². The van der Waals surface area contributed by atoms with Gasteiger partial charge in [-0.15, -0.1) is 0 Å². The predicted molar refractivity (Wildman–Crippen MR) is 114 cm³/mol. The van der Waals surface area contributed by atoms with Gasteiger partial charge in [0.05, 0.1) is 25.2 Å². The predicted octanol–water partition coefficient (Wildman–Crippen LogP) is 0.212. The summed E-state index contributed by atoms with van der Waals surface area (Å²) in [6.07, 6.45) is 1.69. The highest BCUT2D eigenvalue weighted by atomic mass is 16.6. The van der Waals surface area contributed by atoms with Crippen LogP contribution in [0.4, 0.5) is 4.79 Å². The highest BCUT2D eigenvalue weighted by Gasteiger charge is 2.50. The van der Waals surface area contributed by atoms with Gasteiger partial charge in [0.15, 0.2) is 0 Å². The maximum atomic E-state index is 12.2. The highest BCUT2D eigenvalue weighted by Crippen LogP contribution is 2.35. The summed E-state index contributed by atoms with van der Waals surface area (Å²) in [7, 11) is 1.87. The van der Waals surface area contributed by atoms with E-state index in [1.165, 1.54) is 0 Å². The van der Waals surface area contributed by atoms with E-state index < -0.39 is 18.3 Å². The van der Waals surface area contributed by atoms with Crippen molar-refractivity contribution in [2.75, 3.05) is 6.54 Å². The molecule has 1 aromatic carbocycles. The second-order valence-electron chi connectivity index (χ2n) is 8.15. The number of hydrogen-bond donors (Lipinski definition) is 4. The number of nitrogens with zero attached hydrogens (tertiary/aromatic N) is 2. The van der Waals surface area contributed by atoms with E-state index in [4.69, 9.17) is 9.47 Å². The van der Waals surface area contributed by atoms with E-state index in [1.807, 2.05) is 48.1 Å². The lowest BCUT2D eigenvalue weighted by Gasteiger charge is -2.20. The molecule has 2 aromatic rings. The normalized spacial score (nSPS) is 26.5. The molecule has 0 aliphatic carbocycles. The van der Waals surface area contributed by atoms with Crippen LogP contribution in [0.2, 0.25) is 0 Å². The smallest absolute Gasteiger partial charge is 0.315 e. The minimum Gasteiger partial charge on any atom is -0.388 e. The summed E-state index contributed by atoms with van der Waals surface area (Å²) in [5.41, 5.74) is 0.998. The molecular weight excluding hydrogens is 414 g/mol. The largest absolute Gasteiger partial charge is 0.388 e. The number of carbonyl (C=O) groups is 2. The number of amides is 3. The summed E-state index contributed by atoms with van der Waals surface area (Å²) in [5, 5.41) is 18.9. The number of nitrogens with one attached hydrogen (secondary N) is 3. The maximum absolute atomic E-state index is 12.2. The first kappa shape index (κ1) is 22.3. The molecule has 10 nitrogen and oxygen atoms in total. The number of fused-ring (bicyclic) bond motifs is 1. The monoisotopic (exact) mass is 443 g/mol. The van der Waals surface area contributed by atoms with Crippen LogP contribution < -0.4 is 16.0 Å². The third-order valence-corrected chi connectivity index (χ3v) is 5.82. The molecule has 3 heterocycles. The van der Waals surface area contributed by atoms with Crippen molar-refractivity contribution in [1.82, 2.24) is 25.5 Å². The van der Waals surface area contributed by atoms with Gasteiger partial charge in [0.25, 0.3) is 0 Å². The SMILES string of the molecule is Cn1ccnc1CNC(=O)C[C@@H]1C[C@H]2O[C@H](CNC(=O)NCc3ccccc3)[C@@H](O)[C@H]2O1. The van der Waals surface area contributed by atoms with Crippen molar-refractivity contribution in [1.29, 1.82) is 0 Å². The molecule has 0 bridgehead atoms. The molecule has 1 aromatic heterocycles. The number of hydrogen-bond acceptors (Lipinski definition) is 6. The van der Waals surface area contributed by atoms with Gasteiger partial charge >= 0.3 is 6.03 Å². The third-order valence-electron chi connectivity index (χ3n) is 5.82. The first-order valence-electron chi connectivity index (χ1n) is 10.8. The van der Waals surface area contributed by atoms with Gasteiger partial charge in [-0.2, -0.15) is 0 Å². The van der Waals surface area contributed by atoms with Gasteiger partial charge in [-0.05, 0) is 5.56 Å². The van der Waals surface area contributed by atoms with E-state index in [-0.39, 0.29) is 37.1 Å². The Labute approximate surface area is 186 Å². The molecule has 2 aliphatic rings.